The second kappa shape index (κ2) is 8.09. The molecule has 0 bridgehead atoms. The molecule has 0 spiro atoms. The minimum atomic E-state index is -0.512. The number of morpholine rings is 1. The fourth-order valence-corrected chi connectivity index (χ4v) is 2.75. The third-order valence-electron chi connectivity index (χ3n) is 4.03. The predicted molar refractivity (Wildman–Crippen MR) is 100 cm³/mol. The Labute approximate surface area is 156 Å². The molecule has 0 aliphatic carbocycles. The topological polar surface area (TPSA) is 78.5 Å². The van der Waals surface area contributed by atoms with Gasteiger partial charge in [0.15, 0.2) is 5.88 Å². The Hall–Kier alpha value is -2.75. The van der Waals surface area contributed by atoms with Gasteiger partial charge in [-0.15, -0.1) is 0 Å². The van der Waals surface area contributed by atoms with Crippen molar-refractivity contribution >= 4 is 35.2 Å². The second-order valence-corrected chi connectivity index (χ2v) is 6.30. The molecule has 0 radical (unpaired) electrons. The number of anilines is 2. The van der Waals surface area contributed by atoms with Crippen molar-refractivity contribution in [3.8, 4) is 6.07 Å². The number of amides is 1. The third kappa shape index (κ3) is 4.26. The van der Waals surface area contributed by atoms with Gasteiger partial charge < -0.3 is 19.4 Å². The van der Waals surface area contributed by atoms with Crippen LogP contribution >= 0.6 is 11.6 Å². The van der Waals surface area contributed by atoms with E-state index >= 15 is 0 Å². The van der Waals surface area contributed by atoms with E-state index in [1.165, 1.54) is 6.08 Å². The Morgan fingerprint density at radius 2 is 2.08 bits per heavy atom. The van der Waals surface area contributed by atoms with Crippen molar-refractivity contribution in [1.82, 2.24) is 0 Å². The van der Waals surface area contributed by atoms with Gasteiger partial charge in [0.1, 0.15) is 17.4 Å². The first-order valence-corrected chi connectivity index (χ1v) is 8.56. The van der Waals surface area contributed by atoms with Crippen molar-refractivity contribution < 1.29 is 13.9 Å². The largest absolute Gasteiger partial charge is 0.441 e. The van der Waals surface area contributed by atoms with Crippen molar-refractivity contribution in [2.45, 2.75) is 6.92 Å². The summed E-state index contributed by atoms with van der Waals surface area (Å²) in [5.74, 6) is 0.631. The van der Waals surface area contributed by atoms with E-state index in [1.54, 1.807) is 24.3 Å². The normalized spacial score (nSPS) is 14.8. The van der Waals surface area contributed by atoms with Gasteiger partial charge in [-0.1, -0.05) is 17.7 Å². The maximum absolute atomic E-state index is 12.4. The first kappa shape index (κ1) is 18.1. The fourth-order valence-electron chi connectivity index (χ4n) is 2.58. The number of furan rings is 1. The zero-order valence-electron chi connectivity index (χ0n) is 14.3. The minimum absolute atomic E-state index is 0.0488. The van der Waals surface area contributed by atoms with Crippen LogP contribution in [0.2, 0.25) is 5.02 Å². The monoisotopic (exact) mass is 371 g/mol. The molecule has 1 fully saturated rings. The summed E-state index contributed by atoms with van der Waals surface area (Å²) in [5.41, 5.74) is 1.37. The summed E-state index contributed by atoms with van der Waals surface area (Å²) in [6, 6.07) is 10.7. The molecule has 6 nitrogen and oxygen atoms in total. The van der Waals surface area contributed by atoms with Gasteiger partial charge in [-0.25, -0.2) is 0 Å². The predicted octanol–water partition coefficient (Wildman–Crippen LogP) is 3.62. The number of nitriles is 1. The van der Waals surface area contributed by atoms with Crippen LogP contribution < -0.4 is 10.2 Å². The summed E-state index contributed by atoms with van der Waals surface area (Å²) in [7, 11) is 0. The number of aryl methyl sites for hydroxylation is 1. The molecule has 0 atom stereocenters. The summed E-state index contributed by atoms with van der Waals surface area (Å²) in [4.78, 5) is 14.5. The van der Waals surface area contributed by atoms with Gasteiger partial charge in [0, 0.05) is 35.9 Å². The molecule has 2 aromatic rings. The maximum atomic E-state index is 12.4. The maximum Gasteiger partial charge on any atom is 0.266 e. The van der Waals surface area contributed by atoms with Crippen molar-refractivity contribution in [1.29, 1.82) is 5.26 Å². The highest BCUT2D eigenvalue weighted by molar-refractivity contribution is 6.31. The molecule has 1 amide bonds. The average Bonchev–Trinajstić information content (AvgIpc) is 3.12. The van der Waals surface area contributed by atoms with E-state index in [4.69, 9.17) is 20.8 Å². The molecular weight excluding hydrogens is 354 g/mol. The lowest BCUT2D eigenvalue weighted by molar-refractivity contribution is -0.112. The summed E-state index contributed by atoms with van der Waals surface area (Å²) in [6.07, 6.45) is 1.43. The summed E-state index contributed by atoms with van der Waals surface area (Å²) in [6.45, 7) is 4.64. The van der Waals surface area contributed by atoms with Crippen LogP contribution in [-0.4, -0.2) is 32.2 Å². The lowest BCUT2D eigenvalue weighted by Crippen LogP contribution is -2.35. The van der Waals surface area contributed by atoms with Crippen LogP contribution in [0.1, 0.15) is 11.3 Å². The van der Waals surface area contributed by atoms with Crippen LogP contribution in [-0.2, 0) is 9.53 Å². The molecule has 1 N–H and O–H groups in total. The van der Waals surface area contributed by atoms with Gasteiger partial charge in [0.2, 0.25) is 0 Å². The van der Waals surface area contributed by atoms with Crippen molar-refractivity contribution in [2.24, 2.45) is 0 Å². The zero-order valence-corrected chi connectivity index (χ0v) is 15.0. The smallest absolute Gasteiger partial charge is 0.266 e. The molecule has 1 aromatic carbocycles. The Morgan fingerprint density at radius 3 is 2.81 bits per heavy atom. The lowest BCUT2D eigenvalue weighted by Gasteiger charge is -2.26. The molecule has 7 heteroatoms. The molecular formula is C19H18ClN3O3. The molecule has 1 saturated heterocycles. The Balaban J connectivity index is 1.75. The van der Waals surface area contributed by atoms with E-state index in [0.29, 0.717) is 35.6 Å². The van der Waals surface area contributed by atoms with Gasteiger partial charge in [0.25, 0.3) is 5.91 Å². The van der Waals surface area contributed by atoms with Crippen LogP contribution in [0.4, 0.5) is 11.6 Å². The molecule has 2 heterocycles. The fraction of sp³-hybridized carbons (Fsp3) is 0.263. The number of ether oxygens (including phenoxy) is 1. The van der Waals surface area contributed by atoms with E-state index in [-0.39, 0.29) is 5.57 Å². The van der Waals surface area contributed by atoms with Gasteiger partial charge in [-0.3, -0.25) is 4.79 Å². The molecule has 0 saturated carbocycles. The highest BCUT2D eigenvalue weighted by atomic mass is 35.5. The van der Waals surface area contributed by atoms with Crippen LogP contribution in [0.3, 0.4) is 0 Å². The number of nitrogens with zero attached hydrogens (tertiary/aromatic N) is 2. The van der Waals surface area contributed by atoms with Gasteiger partial charge in [-0.2, -0.15) is 5.26 Å². The van der Waals surface area contributed by atoms with E-state index in [0.717, 1.165) is 18.7 Å². The number of rotatable bonds is 4. The van der Waals surface area contributed by atoms with E-state index in [9.17, 15) is 10.1 Å². The number of carbonyl (C=O) groups excluding carboxylic acids is 1. The highest BCUT2D eigenvalue weighted by Gasteiger charge is 2.16. The molecule has 1 aliphatic heterocycles. The van der Waals surface area contributed by atoms with Gasteiger partial charge in [0.05, 0.1) is 13.2 Å². The number of hydrogen-bond donors (Lipinski definition) is 1. The SMILES string of the molecule is Cc1ccc(Cl)cc1NC(=O)/C(C#N)=C/c1ccc(N2CCOCC2)o1. The molecule has 26 heavy (non-hydrogen) atoms. The standard InChI is InChI=1S/C19H18ClN3O3/c1-13-2-3-15(20)11-17(13)22-19(24)14(12-21)10-16-4-5-18(26-16)23-6-8-25-9-7-23/h2-5,10-11H,6-9H2,1H3,(H,22,24)/b14-10+. The third-order valence-corrected chi connectivity index (χ3v) is 4.27. The van der Waals surface area contributed by atoms with E-state index < -0.39 is 5.91 Å². The van der Waals surface area contributed by atoms with Crippen molar-refractivity contribution in [2.75, 3.05) is 36.5 Å². The second-order valence-electron chi connectivity index (χ2n) is 5.86. The van der Waals surface area contributed by atoms with Crippen molar-refractivity contribution in [3.63, 3.8) is 0 Å². The number of hydrogen-bond acceptors (Lipinski definition) is 5. The lowest BCUT2D eigenvalue weighted by atomic mass is 10.1. The van der Waals surface area contributed by atoms with Crippen LogP contribution in [0.15, 0.2) is 40.3 Å². The quantitative estimate of drug-likeness (QED) is 0.656. The van der Waals surface area contributed by atoms with Crippen LogP contribution in [0, 0.1) is 18.3 Å². The first-order valence-electron chi connectivity index (χ1n) is 8.18. The first-order chi connectivity index (χ1) is 12.6. The van der Waals surface area contributed by atoms with Crippen LogP contribution in [0.5, 0.6) is 0 Å². The summed E-state index contributed by atoms with van der Waals surface area (Å²) in [5, 5.41) is 12.6. The molecule has 0 unspecified atom stereocenters. The zero-order chi connectivity index (χ0) is 18.5. The summed E-state index contributed by atoms with van der Waals surface area (Å²) >= 11 is 5.96. The molecule has 1 aromatic heterocycles. The van der Waals surface area contributed by atoms with Gasteiger partial charge in [-0.05, 0) is 30.7 Å². The van der Waals surface area contributed by atoms with E-state index in [1.807, 2.05) is 19.1 Å². The highest BCUT2D eigenvalue weighted by Crippen LogP contribution is 2.23. The van der Waals surface area contributed by atoms with E-state index in [2.05, 4.69) is 10.2 Å². The number of carbonyl (C=O) groups is 1. The number of nitrogens with one attached hydrogen (secondary N) is 1. The summed E-state index contributed by atoms with van der Waals surface area (Å²) < 4.78 is 11.1. The number of halogens is 1. The Bertz CT molecular complexity index is 876. The molecule has 3 rings (SSSR count). The van der Waals surface area contributed by atoms with Gasteiger partial charge >= 0.3 is 0 Å². The molecule has 1 aliphatic rings. The minimum Gasteiger partial charge on any atom is -0.441 e. The average molecular weight is 372 g/mol. The molecule has 134 valence electrons. The van der Waals surface area contributed by atoms with Crippen LogP contribution in [0.25, 0.3) is 6.08 Å². The Kier molecular flexibility index (Phi) is 5.61. The Morgan fingerprint density at radius 1 is 1.31 bits per heavy atom. The van der Waals surface area contributed by atoms with Crippen molar-refractivity contribution in [3.05, 3.63) is 52.3 Å². The number of benzene rings is 1.